The normalized spacial score (nSPS) is 15.8. The minimum Gasteiger partial charge on any atom is -0.315 e. The molecule has 1 saturated heterocycles. The predicted molar refractivity (Wildman–Crippen MR) is 96.7 cm³/mol. The van der Waals surface area contributed by atoms with Crippen molar-refractivity contribution in [3.05, 3.63) is 70.0 Å². The summed E-state index contributed by atoms with van der Waals surface area (Å²) in [5, 5.41) is 8.01. The molecule has 4 heterocycles. The van der Waals surface area contributed by atoms with Gasteiger partial charge >= 0.3 is 0 Å². The number of rotatable bonds is 3. The second-order valence-corrected chi connectivity index (χ2v) is 6.98. The Morgan fingerprint density at radius 3 is 2.68 bits per heavy atom. The highest BCUT2D eigenvalue weighted by Crippen LogP contribution is 2.26. The smallest absolute Gasteiger partial charge is 0.255 e. The van der Waals surface area contributed by atoms with Crippen LogP contribution in [-0.4, -0.2) is 32.4 Å². The van der Waals surface area contributed by atoms with Crippen molar-refractivity contribution in [1.82, 2.24) is 24.6 Å². The Kier molecular flexibility index (Phi) is 3.58. The maximum absolute atomic E-state index is 12.3. The average molecular weight is 335 g/mol. The van der Waals surface area contributed by atoms with Gasteiger partial charge in [-0.3, -0.25) is 9.36 Å². The molecule has 128 valence electrons. The van der Waals surface area contributed by atoms with Crippen LogP contribution in [0.5, 0.6) is 0 Å². The van der Waals surface area contributed by atoms with Gasteiger partial charge in [0.1, 0.15) is 0 Å². The summed E-state index contributed by atoms with van der Waals surface area (Å²) in [4.78, 5) is 16.8. The maximum atomic E-state index is 12.3. The van der Waals surface area contributed by atoms with Gasteiger partial charge in [-0.15, -0.1) is 0 Å². The Balaban J connectivity index is 1.79. The van der Waals surface area contributed by atoms with Gasteiger partial charge < -0.3 is 5.32 Å². The third-order valence-corrected chi connectivity index (χ3v) is 4.92. The van der Waals surface area contributed by atoms with E-state index in [-0.39, 0.29) is 11.0 Å². The second-order valence-electron chi connectivity index (χ2n) is 6.98. The molecule has 0 aromatic carbocycles. The summed E-state index contributed by atoms with van der Waals surface area (Å²) >= 11 is 0. The predicted octanol–water partition coefficient (Wildman–Crippen LogP) is 1.90. The Bertz CT molecular complexity index is 997. The minimum absolute atomic E-state index is 0.0468. The SMILES string of the molecule is Cc1cnc(-n2ccc(C3(C)CNC3)n2)cc1-n1c(C)cccc1=O. The fourth-order valence-electron chi connectivity index (χ4n) is 3.22. The lowest BCUT2D eigenvalue weighted by atomic mass is 9.81. The molecule has 0 saturated carbocycles. The minimum atomic E-state index is -0.0468. The molecule has 0 atom stereocenters. The van der Waals surface area contributed by atoms with E-state index in [0.29, 0.717) is 5.82 Å². The van der Waals surface area contributed by atoms with Crippen LogP contribution in [0.2, 0.25) is 0 Å². The quantitative estimate of drug-likeness (QED) is 0.794. The average Bonchev–Trinajstić information content (AvgIpc) is 3.04. The summed E-state index contributed by atoms with van der Waals surface area (Å²) in [5.74, 6) is 0.706. The summed E-state index contributed by atoms with van der Waals surface area (Å²) in [6.45, 7) is 7.97. The first kappa shape index (κ1) is 15.8. The zero-order chi connectivity index (χ0) is 17.6. The van der Waals surface area contributed by atoms with Crippen molar-refractivity contribution >= 4 is 0 Å². The zero-order valence-corrected chi connectivity index (χ0v) is 14.7. The van der Waals surface area contributed by atoms with Crippen LogP contribution in [0.25, 0.3) is 11.5 Å². The van der Waals surface area contributed by atoms with Crippen molar-refractivity contribution in [2.24, 2.45) is 0 Å². The van der Waals surface area contributed by atoms with Crippen LogP contribution < -0.4 is 10.9 Å². The van der Waals surface area contributed by atoms with Crippen LogP contribution in [0.3, 0.4) is 0 Å². The van der Waals surface area contributed by atoms with Crippen molar-refractivity contribution in [3.8, 4) is 11.5 Å². The highest BCUT2D eigenvalue weighted by Gasteiger charge is 2.35. The Hall–Kier alpha value is -2.73. The van der Waals surface area contributed by atoms with Gasteiger partial charge in [0.25, 0.3) is 5.56 Å². The van der Waals surface area contributed by atoms with Gasteiger partial charge in [-0.25, -0.2) is 9.67 Å². The monoisotopic (exact) mass is 335 g/mol. The molecule has 0 amide bonds. The third kappa shape index (κ3) is 2.59. The topological polar surface area (TPSA) is 64.7 Å². The van der Waals surface area contributed by atoms with E-state index in [1.54, 1.807) is 27.6 Å². The Morgan fingerprint density at radius 2 is 2.00 bits per heavy atom. The molecule has 1 aliphatic heterocycles. The largest absolute Gasteiger partial charge is 0.315 e. The number of aryl methyl sites for hydroxylation is 2. The van der Waals surface area contributed by atoms with Gasteiger partial charge in [-0.1, -0.05) is 13.0 Å². The highest BCUT2D eigenvalue weighted by molar-refractivity contribution is 5.45. The molecule has 0 unspecified atom stereocenters. The molecular formula is C19H21N5O. The van der Waals surface area contributed by atoms with Crippen LogP contribution in [0, 0.1) is 13.8 Å². The highest BCUT2D eigenvalue weighted by atomic mass is 16.1. The van der Waals surface area contributed by atoms with Gasteiger partial charge in [-0.05, 0) is 31.5 Å². The first-order valence-electron chi connectivity index (χ1n) is 8.41. The molecule has 6 heteroatoms. The number of aromatic nitrogens is 4. The zero-order valence-electron chi connectivity index (χ0n) is 14.7. The van der Waals surface area contributed by atoms with Gasteiger partial charge in [0, 0.05) is 48.7 Å². The molecule has 0 aliphatic carbocycles. The molecule has 0 bridgehead atoms. The summed E-state index contributed by atoms with van der Waals surface area (Å²) in [6, 6.07) is 9.24. The third-order valence-electron chi connectivity index (χ3n) is 4.92. The van der Waals surface area contributed by atoms with E-state index in [0.717, 1.165) is 35.7 Å². The lowest BCUT2D eigenvalue weighted by Crippen LogP contribution is -2.54. The van der Waals surface area contributed by atoms with Crippen LogP contribution in [0.15, 0.2) is 47.5 Å². The Labute approximate surface area is 146 Å². The van der Waals surface area contributed by atoms with Crippen LogP contribution in [0.4, 0.5) is 0 Å². The standard InChI is InChI=1S/C19H21N5O/c1-13-10-21-17(9-15(13)24-14(2)5-4-6-18(24)25)23-8-7-16(22-23)19(3)11-20-12-19/h4-10,20H,11-12H2,1-3H3. The van der Waals surface area contributed by atoms with E-state index in [2.05, 4.69) is 17.2 Å². The van der Waals surface area contributed by atoms with Crippen molar-refractivity contribution < 1.29 is 0 Å². The van der Waals surface area contributed by atoms with E-state index >= 15 is 0 Å². The number of nitrogens with one attached hydrogen (secondary N) is 1. The summed E-state index contributed by atoms with van der Waals surface area (Å²) < 4.78 is 3.49. The molecule has 6 nitrogen and oxygen atoms in total. The molecule has 1 N–H and O–H groups in total. The van der Waals surface area contributed by atoms with Crippen LogP contribution in [-0.2, 0) is 5.41 Å². The number of pyridine rings is 2. The number of hydrogen-bond acceptors (Lipinski definition) is 4. The first-order valence-corrected chi connectivity index (χ1v) is 8.41. The molecule has 25 heavy (non-hydrogen) atoms. The number of nitrogens with zero attached hydrogens (tertiary/aromatic N) is 4. The fraction of sp³-hybridized carbons (Fsp3) is 0.316. The summed E-state index contributed by atoms with van der Waals surface area (Å²) in [5.41, 5.74) is 3.77. The first-order chi connectivity index (χ1) is 12.0. The molecule has 4 rings (SSSR count). The van der Waals surface area contributed by atoms with E-state index in [1.807, 2.05) is 38.2 Å². The van der Waals surface area contributed by atoms with E-state index in [9.17, 15) is 4.79 Å². The van der Waals surface area contributed by atoms with Gasteiger partial charge in [0.2, 0.25) is 0 Å². The van der Waals surface area contributed by atoms with Gasteiger partial charge in [-0.2, -0.15) is 5.10 Å². The van der Waals surface area contributed by atoms with Crippen LogP contribution >= 0.6 is 0 Å². The molecule has 1 aliphatic rings. The summed E-state index contributed by atoms with van der Waals surface area (Å²) in [7, 11) is 0. The van der Waals surface area contributed by atoms with Crippen molar-refractivity contribution in [3.63, 3.8) is 0 Å². The van der Waals surface area contributed by atoms with E-state index in [4.69, 9.17) is 5.10 Å². The number of hydrogen-bond donors (Lipinski definition) is 1. The lowest BCUT2D eigenvalue weighted by molar-refractivity contribution is 0.296. The van der Waals surface area contributed by atoms with Crippen molar-refractivity contribution in [2.75, 3.05) is 13.1 Å². The van der Waals surface area contributed by atoms with Crippen molar-refractivity contribution in [1.29, 1.82) is 0 Å². The lowest BCUT2D eigenvalue weighted by Gasteiger charge is -2.37. The van der Waals surface area contributed by atoms with Crippen LogP contribution in [0.1, 0.15) is 23.9 Å². The van der Waals surface area contributed by atoms with E-state index in [1.165, 1.54) is 0 Å². The maximum Gasteiger partial charge on any atom is 0.255 e. The molecule has 3 aromatic rings. The van der Waals surface area contributed by atoms with Gasteiger partial charge in [0.05, 0.1) is 11.4 Å². The fourth-order valence-corrected chi connectivity index (χ4v) is 3.22. The molecule has 0 spiro atoms. The molecule has 3 aromatic heterocycles. The molecular weight excluding hydrogens is 314 g/mol. The van der Waals surface area contributed by atoms with Crippen molar-refractivity contribution in [2.45, 2.75) is 26.2 Å². The Morgan fingerprint density at radius 1 is 1.20 bits per heavy atom. The molecule has 0 radical (unpaired) electrons. The van der Waals surface area contributed by atoms with Gasteiger partial charge in [0.15, 0.2) is 5.82 Å². The second kappa shape index (κ2) is 5.67. The van der Waals surface area contributed by atoms with E-state index < -0.39 is 0 Å². The molecule has 1 fully saturated rings. The summed E-state index contributed by atoms with van der Waals surface area (Å²) in [6.07, 6.45) is 3.72.